The van der Waals surface area contributed by atoms with Crippen LogP contribution in [0.5, 0.6) is 0 Å². The lowest BCUT2D eigenvalue weighted by Crippen LogP contribution is -2.40. The van der Waals surface area contributed by atoms with Crippen LogP contribution in [0.1, 0.15) is 19.3 Å². The molecular weight excluding hydrogens is 216 g/mol. The molecule has 1 N–H and O–H groups in total. The molecule has 17 heavy (non-hydrogen) atoms. The van der Waals surface area contributed by atoms with E-state index in [1.165, 1.54) is 38.9 Å². The maximum absolute atomic E-state index is 5.54. The first-order valence-electron chi connectivity index (χ1n) is 6.92. The number of hydrogen-bond acceptors (Lipinski definition) is 4. The van der Waals surface area contributed by atoms with Crippen LogP contribution >= 0.6 is 0 Å². The molecule has 4 nitrogen and oxygen atoms in total. The summed E-state index contributed by atoms with van der Waals surface area (Å²) in [5, 5.41) is 3.68. The molecule has 1 saturated carbocycles. The van der Waals surface area contributed by atoms with E-state index in [4.69, 9.17) is 9.47 Å². The molecule has 0 spiro atoms. The van der Waals surface area contributed by atoms with Crippen molar-refractivity contribution in [1.29, 1.82) is 0 Å². The number of hydrogen-bond donors (Lipinski definition) is 1. The summed E-state index contributed by atoms with van der Waals surface area (Å²) in [5.41, 5.74) is 0. The van der Waals surface area contributed by atoms with E-state index in [0.717, 1.165) is 25.1 Å². The smallest absolute Gasteiger partial charge is 0.0700 e. The first-order chi connectivity index (χ1) is 8.40. The highest BCUT2D eigenvalue weighted by atomic mass is 16.5. The monoisotopic (exact) mass is 242 g/mol. The molecule has 2 rings (SSSR count). The van der Waals surface area contributed by atoms with Crippen LogP contribution in [0.25, 0.3) is 0 Å². The van der Waals surface area contributed by atoms with Crippen molar-refractivity contribution in [3.63, 3.8) is 0 Å². The van der Waals surface area contributed by atoms with Gasteiger partial charge in [-0.25, -0.2) is 0 Å². The molecule has 1 unspecified atom stereocenters. The molecule has 100 valence electrons. The first kappa shape index (κ1) is 13.3. The molecule has 0 aromatic carbocycles. The first-order valence-corrected chi connectivity index (χ1v) is 6.92. The van der Waals surface area contributed by atoms with E-state index in [9.17, 15) is 0 Å². The molecular formula is C13H26N2O2. The normalized spacial score (nSPS) is 27.0. The lowest BCUT2D eigenvalue weighted by Gasteiger charge is -2.24. The molecule has 1 aliphatic heterocycles. The maximum atomic E-state index is 5.54. The Bertz CT molecular complexity index is 210. The fraction of sp³-hybridized carbons (Fsp3) is 1.00. The van der Waals surface area contributed by atoms with Gasteiger partial charge in [-0.2, -0.15) is 0 Å². The van der Waals surface area contributed by atoms with Crippen LogP contribution in [-0.4, -0.2) is 64.1 Å². The zero-order valence-corrected chi connectivity index (χ0v) is 11.0. The van der Waals surface area contributed by atoms with Crippen molar-refractivity contribution < 1.29 is 9.47 Å². The number of ether oxygens (including phenoxy) is 2. The zero-order chi connectivity index (χ0) is 11.9. The Hall–Kier alpha value is -0.160. The third-order valence-electron chi connectivity index (χ3n) is 3.69. The van der Waals surface area contributed by atoms with Gasteiger partial charge in [0.25, 0.3) is 0 Å². The Morgan fingerprint density at radius 1 is 1.24 bits per heavy atom. The summed E-state index contributed by atoms with van der Waals surface area (Å²) in [4.78, 5) is 2.55. The molecule has 1 saturated heterocycles. The van der Waals surface area contributed by atoms with Gasteiger partial charge in [-0.3, -0.25) is 4.90 Å². The van der Waals surface area contributed by atoms with Crippen molar-refractivity contribution >= 4 is 0 Å². The van der Waals surface area contributed by atoms with Crippen molar-refractivity contribution in [2.45, 2.75) is 25.3 Å². The zero-order valence-electron chi connectivity index (χ0n) is 11.0. The molecule has 0 radical (unpaired) electrons. The molecule has 2 aliphatic rings. The Morgan fingerprint density at radius 2 is 2.12 bits per heavy atom. The van der Waals surface area contributed by atoms with Gasteiger partial charge in [0.05, 0.1) is 19.8 Å². The summed E-state index contributed by atoms with van der Waals surface area (Å²) in [6.07, 6.45) is 4.12. The van der Waals surface area contributed by atoms with Crippen molar-refractivity contribution in [3.05, 3.63) is 0 Å². The molecule has 0 aromatic rings. The van der Waals surface area contributed by atoms with Crippen LogP contribution in [0, 0.1) is 5.92 Å². The van der Waals surface area contributed by atoms with E-state index in [2.05, 4.69) is 10.2 Å². The second-order valence-corrected chi connectivity index (χ2v) is 5.16. The van der Waals surface area contributed by atoms with Crippen LogP contribution in [0.15, 0.2) is 0 Å². The summed E-state index contributed by atoms with van der Waals surface area (Å²) in [7, 11) is 1.71. The highest BCUT2D eigenvalue weighted by Gasteiger charge is 2.32. The van der Waals surface area contributed by atoms with E-state index in [1.807, 2.05) is 0 Å². The fourth-order valence-corrected chi connectivity index (χ4v) is 2.48. The van der Waals surface area contributed by atoms with Crippen LogP contribution in [0.3, 0.4) is 0 Å². The molecule has 1 heterocycles. The topological polar surface area (TPSA) is 33.7 Å². The molecule has 1 aliphatic carbocycles. The molecule has 1 atom stereocenters. The Kier molecular flexibility index (Phi) is 5.71. The number of rotatable bonds is 7. The lowest BCUT2D eigenvalue weighted by atomic mass is 10.2. The average Bonchev–Trinajstić information content (AvgIpc) is 3.15. The highest BCUT2D eigenvalue weighted by molar-refractivity contribution is 4.89. The standard InChI is InChI=1S/C13H26N2O2/c1-16-9-10-17-8-7-15-6-2-5-14-13(11-15)12-3-4-12/h12-14H,2-11H2,1H3. The average molecular weight is 242 g/mol. The minimum atomic E-state index is 0.701. The molecule has 0 aromatic heterocycles. The summed E-state index contributed by atoms with van der Waals surface area (Å²) in [6, 6.07) is 0.733. The summed E-state index contributed by atoms with van der Waals surface area (Å²) in [5.74, 6) is 0.949. The molecule has 0 amide bonds. The Morgan fingerprint density at radius 3 is 2.88 bits per heavy atom. The molecule has 4 heteroatoms. The molecule has 2 fully saturated rings. The Balaban J connectivity index is 1.60. The SMILES string of the molecule is COCCOCCN1CCCNC(C2CC2)C1. The van der Waals surface area contributed by atoms with Crippen molar-refractivity contribution in [3.8, 4) is 0 Å². The minimum Gasteiger partial charge on any atom is -0.382 e. The fourth-order valence-electron chi connectivity index (χ4n) is 2.48. The highest BCUT2D eigenvalue weighted by Crippen LogP contribution is 2.33. The van der Waals surface area contributed by atoms with Gasteiger partial charge < -0.3 is 14.8 Å². The van der Waals surface area contributed by atoms with Crippen molar-refractivity contribution in [1.82, 2.24) is 10.2 Å². The predicted molar refractivity (Wildman–Crippen MR) is 68.3 cm³/mol. The van der Waals surface area contributed by atoms with Crippen LogP contribution < -0.4 is 5.32 Å². The quantitative estimate of drug-likeness (QED) is 0.667. The van der Waals surface area contributed by atoms with Crippen molar-refractivity contribution in [2.24, 2.45) is 5.92 Å². The van der Waals surface area contributed by atoms with Gasteiger partial charge in [0, 0.05) is 26.2 Å². The van der Waals surface area contributed by atoms with Gasteiger partial charge in [0.1, 0.15) is 0 Å². The molecule has 0 bridgehead atoms. The van der Waals surface area contributed by atoms with Crippen LogP contribution in [0.2, 0.25) is 0 Å². The number of nitrogens with zero attached hydrogens (tertiary/aromatic N) is 1. The van der Waals surface area contributed by atoms with Crippen LogP contribution in [-0.2, 0) is 9.47 Å². The summed E-state index contributed by atoms with van der Waals surface area (Å²) in [6.45, 7) is 6.92. The Labute approximate surface area is 105 Å². The van der Waals surface area contributed by atoms with Gasteiger partial charge >= 0.3 is 0 Å². The van der Waals surface area contributed by atoms with Gasteiger partial charge in [-0.05, 0) is 38.3 Å². The van der Waals surface area contributed by atoms with Gasteiger partial charge in [-0.15, -0.1) is 0 Å². The van der Waals surface area contributed by atoms with Crippen LogP contribution in [0.4, 0.5) is 0 Å². The van der Waals surface area contributed by atoms with Gasteiger partial charge in [-0.1, -0.05) is 0 Å². The second-order valence-electron chi connectivity index (χ2n) is 5.16. The largest absolute Gasteiger partial charge is 0.382 e. The van der Waals surface area contributed by atoms with Gasteiger partial charge in [0.15, 0.2) is 0 Å². The van der Waals surface area contributed by atoms with E-state index in [-0.39, 0.29) is 0 Å². The van der Waals surface area contributed by atoms with E-state index in [1.54, 1.807) is 7.11 Å². The second kappa shape index (κ2) is 7.31. The van der Waals surface area contributed by atoms with E-state index in [0.29, 0.717) is 13.2 Å². The third kappa shape index (κ3) is 4.92. The summed E-state index contributed by atoms with van der Waals surface area (Å²) >= 11 is 0. The minimum absolute atomic E-state index is 0.701. The third-order valence-corrected chi connectivity index (χ3v) is 3.69. The van der Waals surface area contributed by atoms with Crippen molar-refractivity contribution in [2.75, 3.05) is 53.1 Å². The predicted octanol–water partition coefficient (Wildman–Crippen LogP) is 0.723. The van der Waals surface area contributed by atoms with E-state index < -0.39 is 0 Å². The maximum Gasteiger partial charge on any atom is 0.0700 e. The summed E-state index contributed by atoms with van der Waals surface area (Å²) < 4.78 is 10.5. The number of nitrogens with one attached hydrogen (secondary N) is 1. The van der Waals surface area contributed by atoms with E-state index >= 15 is 0 Å². The van der Waals surface area contributed by atoms with Gasteiger partial charge in [0.2, 0.25) is 0 Å². The lowest BCUT2D eigenvalue weighted by molar-refractivity contribution is 0.0566. The number of methoxy groups -OCH3 is 1.